The molecule has 2 heterocycles. The second kappa shape index (κ2) is 4.53. The molecule has 2 aromatic rings. The Bertz CT molecular complexity index is 761. The van der Waals surface area contributed by atoms with Crippen molar-refractivity contribution in [2.45, 2.75) is 13.1 Å². The summed E-state index contributed by atoms with van der Waals surface area (Å²) in [5, 5.41) is 0. The maximum absolute atomic E-state index is 12.6. The molecule has 0 unspecified atom stereocenters. The Morgan fingerprint density at radius 3 is 1.55 bits per heavy atom. The molecule has 2 aliphatic rings. The summed E-state index contributed by atoms with van der Waals surface area (Å²) >= 11 is 0. The average molecular weight is 292 g/mol. The highest BCUT2D eigenvalue weighted by Crippen LogP contribution is 2.28. The fourth-order valence-corrected chi connectivity index (χ4v) is 2.96. The van der Waals surface area contributed by atoms with Gasteiger partial charge in [0, 0.05) is 11.1 Å². The molecular formula is C17H12N2O3. The summed E-state index contributed by atoms with van der Waals surface area (Å²) in [6.07, 6.45) is 0. The molecule has 0 fully saturated rings. The summed E-state index contributed by atoms with van der Waals surface area (Å²) in [6.45, 7) is 0.432. The molecule has 0 atom stereocenters. The van der Waals surface area contributed by atoms with Crippen LogP contribution in [-0.2, 0) is 13.1 Å². The van der Waals surface area contributed by atoms with Crippen LogP contribution in [0, 0.1) is 0 Å². The molecule has 0 aromatic heterocycles. The number of amides is 4. The number of nitrogens with zero attached hydrogens (tertiary/aromatic N) is 2. The smallest absolute Gasteiger partial charge is 0.269 e. The fourth-order valence-electron chi connectivity index (χ4n) is 2.96. The Morgan fingerprint density at radius 2 is 1.14 bits per heavy atom. The van der Waals surface area contributed by atoms with E-state index in [0.717, 1.165) is 20.9 Å². The van der Waals surface area contributed by atoms with E-state index in [1.54, 1.807) is 24.3 Å². The van der Waals surface area contributed by atoms with Gasteiger partial charge >= 0.3 is 6.03 Å². The van der Waals surface area contributed by atoms with Crippen LogP contribution in [0.25, 0.3) is 0 Å². The molecule has 2 aliphatic heterocycles. The van der Waals surface area contributed by atoms with Gasteiger partial charge in [0.25, 0.3) is 11.8 Å². The van der Waals surface area contributed by atoms with Crippen LogP contribution in [0.15, 0.2) is 48.5 Å². The van der Waals surface area contributed by atoms with Crippen LogP contribution in [-0.4, -0.2) is 27.6 Å². The monoisotopic (exact) mass is 292 g/mol. The van der Waals surface area contributed by atoms with Gasteiger partial charge in [-0.1, -0.05) is 36.4 Å². The molecule has 0 saturated carbocycles. The molecule has 0 N–H and O–H groups in total. The van der Waals surface area contributed by atoms with Crippen molar-refractivity contribution in [1.29, 1.82) is 0 Å². The molecule has 0 radical (unpaired) electrons. The van der Waals surface area contributed by atoms with Crippen LogP contribution in [0.3, 0.4) is 0 Å². The molecule has 0 aliphatic carbocycles. The number of carbonyl (C=O) groups is 3. The summed E-state index contributed by atoms with van der Waals surface area (Å²) < 4.78 is 0. The van der Waals surface area contributed by atoms with Gasteiger partial charge in [-0.25, -0.2) is 4.79 Å². The lowest BCUT2D eigenvalue weighted by atomic mass is 10.1. The normalized spacial score (nSPS) is 16.0. The minimum absolute atomic E-state index is 0.216. The lowest BCUT2D eigenvalue weighted by molar-refractivity contribution is 0.0709. The molecule has 0 bridgehead atoms. The minimum atomic E-state index is -0.553. The summed E-state index contributed by atoms with van der Waals surface area (Å²) in [4.78, 5) is 39.6. The van der Waals surface area contributed by atoms with E-state index < -0.39 is 6.03 Å². The van der Waals surface area contributed by atoms with Crippen LogP contribution in [0.2, 0.25) is 0 Å². The summed E-state index contributed by atoms with van der Waals surface area (Å²) in [7, 11) is 0. The molecule has 22 heavy (non-hydrogen) atoms. The third-order valence-corrected chi connectivity index (χ3v) is 4.10. The average Bonchev–Trinajstić information content (AvgIpc) is 3.06. The number of hydrogen-bond donors (Lipinski definition) is 0. The minimum Gasteiger partial charge on any atom is -0.269 e. The van der Waals surface area contributed by atoms with Crippen molar-refractivity contribution in [2.24, 2.45) is 0 Å². The van der Waals surface area contributed by atoms with Gasteiger partial charge in [-0.05, 0) is 23.3 Å². The third-order valence-electron chi connectivity index (χ3n) is 4.10. The summed E-state index contributed by atoms with van der Waals surface area (Å²) in [5.41, 5.74) is 2.68. The first-order valence-corrected chi connectivity index (χ1v) is 7.00. The Hall–Kier alpha value is -2.95. The Morgan fingerprint density at radius 1 is 0.727 bits per heavy atom. The Kier molecular flexibility index (Phi) is 2.63. The van der Waals surface area contributed by atoms with Gasteiger partial charge in [-0.3, -0.25) is 19.4 Å². The van der Waals surface area contributed by atoms with E-state index in [9.17, 15) is 14.4 Å². The standard InChI is InChI=1S/C17H12N2O3/c20-15-13-7-3-1-5-11(13)9-18(15)17(22)19-10-12-6-2-4-8-14(12)16(19)21/h1-8H,9-10H2. The molecular weight excluding hydrogens is 280 g/mol. The number of urea groups is 1. The van der Waals surface area contributed by atoms with E-state index in [-0.39, 0.29) is 24.9 Å². The van der Waals surface area contributed by atoms with Crippen molar-refractivity contribution in [2.75, 3.05) is 0 Å². The van der Waals surface area contributed by atoms with Gasteiger partial charge in [-0.2, -0.15) is 0 Å². The van der Waals surface area contributed by atoms with E-state index in [1.807, 2.05) is 24.3 Å². The van der Waals surface area contributed by atoms with Crippen molar-refractivity contribution in [3.05, 3.63) is 70.8 Å². The second-order valence-electron chi connectivity index (χ2n) is 5.38. The largest absolute Gasteiger partial charge is 0.334 e. The zero-order valence-electron chi connectivity index (χ0n) is 11.7. The second-order valence-corrected chi connectivity index (χ2v) is 5.38. The predicted octanol–water partition coefficient (Wildman–Crippen LogP) is 2.42. The maximum Gasteiger partial charge on any atom is 0.334 e. The number of benzene rings is 2. The van der Waals surface area contributed by atoms with Crippen LogP contribution >= 0.6 is 0 Å². The number of carbonyl (C=O) groups excluding carboxylic acids is 3. The van der Waals surface area contributed by atoms with Crippen LogP contribution < -0.4 is 0 Å². The molecule has 5 heteroatoms. The summed E-state index contributed by atoms with van der Waals surface area (Å²) in [6, 6.07) is 13.7. The van der Waals surface area contributed by atoms with Crippen molar-refractivity contribution in [3.63, 3.8) is 0 Å². The fraction of sp³-hybridized carbons (Fsp3) is 0.118. The lowest BCUT2D eigenvalue weighted by Crippen LogP contribution is -2.43. The van der Waals surface area contributed by atoms with Crippen molar-refractivity contribution in [3.8, 4) is 0 Å². The van der Waals surface area contributed by atoms with Gasteiger partial charge < -0.3 is 0 Å². The van der Waals surface area contributed by atoms with Crippen LogP contribution in [0.4, 0.5) is 4.79 Å². The van der Waals surface area contributed by atoms with E-state index in [1.165, 1.54) is 0 Å². The highest BCUT2D eigenvalue weighted by Gasteiger charge is 2.39. The van der Waals surface area contributed by atoms with Crippen LogP contribution in [0.1, 0.15) is 31.8 Å². The highest BCUT2D eigenvalue weighted by molar-refractivity contribution is 6.14. The SMILES string of the molecule is O=C1c2ccccc2CN1C(=O)N1Cc2ccccc2C1=O. The van der Waals surface area contributed by atoms with Gasteiger partial charge in [0.05, 0.1) is 13.1 Å². The summed E-state index contributed by atoms with van der Waals surface area (Å²) in [5.74, 6) is -0.686. The number of hydrogen-bond acceptors (Lipinski definition) is 3. The molecule has 108 valence electrons. The molecule has 2 aromatic carbocycles. The van der Waals surface area contributed by atoms with Crippen molar-refractivity contribution >= 4 is 17.8 Å². The van der Waals surface area contributed by atoms with Crippen molar-refractivity contribution in [1.82, 2.24) is 9.80 Å². The predicted molar refractivity (Wildman–Crippen MR) is 78.0 cm³/mol. The van der Waals surface area contributed by atoms with E-state index in [0.29, 0.717) is 11.1 Å². The number of imide groups is 2. The molecule has 4 amide bonds. The number of fused-ring (bicyclic) bond motifs is 2. The van der Waals surface area contributed by atoms with Crippen LogP contribution in [0.5, 0.6) is 0 Å². The van der Waals surface area contributed by atoms with Gasteiger partial charge in [0.15, 0.2) is 0 Å². The quantitative estimate of drug-likeness (QED) is 0.749. The van der Waals surface area contributed by atoms with Gasteiger partial charge in [0.1, 0.15) is 0 Å². The molecule has 0 saturated heterocycles. The first-order valence-electron chi connectivity index (χ1n) is 7.00. The van der Waals surface area contributed by atoms with E-state index >= 15 is 0 Å². The van der Waals surface area contributed by atoms with Gasteiger partial charge in [0.2, 0.25) is 0 Å². The van der Waals surface area contributed by atoms with E-state index in [4.69, 9.17) is 0 Å². The highest BCUT2D eigenvalue weighted by atomic mass is 16.2. The van der Waals surface area contributed by atoms with E-state index in [2.05, 4.69) is 0 Å². The maximum atomic E-state index is 12.6. The first-order chi connectivity index (χ1) is 10.7. The Balaban J connectivity index is 1.63. The zero-order chi connectivity index (χ0) is 15.3. The topological polar surface area (TPSA) is 57.7 Å². The lowest BCUT2D eigenvalue weighted by Gasteiger charge is -2.20. The van der Waals surface area contributed by atoms with Gasteiger partial charge in [-0.15, -0.1) is 0 Å². The molecule has 5 nitrogen and oxygen atoms in total. The van der Waals surface area contributed by atoms with Crippen molar-refractivity contribution < 1.29 is 14.4 Å². The number of rotatable bonds is 0. The molecule has 4 rings (SSSR count). The molecule has 0 spiro atoms. The first kappa shape index (κ1) is 12.8. The zero-order valence-corrected chi connectivity index (χ0v) is 11.7. The Labute approximate surface area is 126 Å². The third kappa shape index (κ3) is 1.69.